The molecule has 0 radical (unpaired) electrons. The summed E-state index contributed by atoms with van der Waals surface area (Å²) in [5.74, 6) is 1.27. The molecule has 17 heavy (non-hydrogen) atoms. The average Bonchev–Trinajstić information content (AvgIpc) is 2.31. The van der Waals surface area contributed by atoms with E-state index < -0.39 is 0 Å². The van der Waals surface area contributed by atoms with E-state index in [1.807, 2.05) is 6.92 Å². The maximum atomic E-state index is 8.66. The molecular formula is C11H18ClN3O2. The van der Waals surface area contributed by atoms with Crippen LogP contribution in [-0.4, -0.2) is 34.8 Å². The number of aromatic nitrogens is 2. The Kier molecular flexibility index (Phi) is 6.84. The highest BCUT2D eigenvalue weighted by atomic mass is 35.5. The third-order valence-corrected chi connectivity index (χ3v) is 2.26. The Morgan fingerprint density at radius 1 is 1.41 bits per heavy atom. The fourth-order valence-electron chi connectivity index (χ4n) is 1.27. The zero-order valence-electron chi connectivity index (χ0n) is 9.95. The quantitative estimate of drug-likeness (QED) is 0.551. The smallest absolute Gasteiger partial charge is 0.158 e. The van der Waals surface area contributed by atoms with E-state index in [1.54, 1.807) is 6.07 Å². The van der Waals surface area contributed by atoms with Gasteiger partial charge in [0.1, 0.15) is 17.6 Å². The standard InChI is InChI=1S/C11H18ClN3O2/c1-2-17-8-11-14-9(12)7-10(15-11)13-5-3-4-6-16/h7,16H,2-6,8H2,1H3,(H,13,14,15). The molecule has 96 valence electrons. The Morgan fingerprint density at radius 3 is 2.94 bits per heavy atom. The zero-order chi connectivity index (χ0) is 12.5. The Bertz CT molecular complexity index is 336. The van der Waals surface area contributed by atoms with Gasteiger partial charge >= 0.3 is 0 Å². The van der Waals surface area contributed by atoms with E-state index in [9.17, 15) is 0 Å². The molecule has 0 aliphatic carbocycles. The van der Waals surface area contributed by atoms with Crippen molar-refractivity contribution in [3.63, 3.8) is 0 Å². The lowest BCUT2D eigenvalue weighted by Crippen LogP contribution is -2.07. The van der Waals surface area contributed by atoms with Crippen molar-refractivity contribution < 1.29 is 9.84 Å². The van der Waals surface area contributed by atoms with Crippen molar-refractivity contribution in [2.75, 3.05) is 25.1 Å². The van der Waals surface area contributed by atoms with Crippen molar-refractivity contribution in [3.05, 3.63) is 17.0 Å². The van der Waals surface area contributed by atoms with Gasteiger partial charge in [0, 0.05) is 25.8 Å². The summed E-state index contributed by atoms with van der Waals surface area (Å²) in [6.07, 6.45) is 1.66. The van der Waals surface area contributed by atoms with Crippen LogP contribution in [0.15, 0.2) is 6.07 Å². The van der Waals surface area contributed by atoms with Gasteiger partial charge in [0.15, 0.2) is 5.82 Å². The first-order valence-corrected chi connectivity index (χ1v) is 6.10. The van der Waals surface area contributed by atoms with Gasteiger partial charge in [-0.3, -0.25) is 0 Å². The number of hydrogen-bond donors (Lipinski definition) is 2. The van der Waals surface area contributed by atoms with Gasteiger partial charge in [0.2, 0.25) is 0 Å². The zero-order valence-corrected chi connectivity index (χ0v) is 10.7. The fraction of sp³-hybridized carbons (Fsp3) is 0.636. The lowest BCUT2D eigenvalue weighted by atomic mass is 10.3. The lowest BCUT2D eigenvalue weighted by molar-refractivity contribution is 0.128. The lowest BCUT2D eigenvalue weighted by Gasteiger charge is -2.07. The predicted octanol–water partition coefficient (Wildman–Crippen LogP) is 1.85. The maximum Gasteiger partial charge on any atom is 0.158 e. The number of aliphatic hydroxyl groups is 1. The average molecular weight is 260 g/mol. The van der Waals surface area contributed by atoms with Crippen LogP contribution in [0.5, 0.6) is 0 Å². The summed E-state index contributed by atoms with van der Waals surface area (Å²) in [5.41, 5.74) is 0. The van der Waals surface area contributed by atoms with Gasteiger partial charge in [-0.05, 0) is 19.8 Å². The molecule has 1 aromatic rings. The van der Waals surface area contributed by atoms with Crippen LogP contribution in [0, 0.1) is 0 Å². The van der Waals surface area contributed by atoms with Crippen molar-refractivity contribution in [2.45, 2.75) is 26.4 Å². The molecule has 1 heterocycles. The number of hydrogen-bond acceptors (Lipinski definition) is 5. The topological polar surface area (TPSA) is 67.3 Å². The summed E-state index contributed by atoms with van der Waals surface area (Å²) in [6.45, 7) is 3.86. The van der Waals surface area contributed by atoms with Gasteiger partial charge in [0.25, 0.3) is 0 Å². The molecule has 0 atom stereocenters. The molecule has 1 rings (SSSR count). The van der Waals surface area contributed by atoms with Gasteiger partial charge < -0.3 is 15.2 Å². The first-order valence-electron chi connectivity index (χ1n) is 5.72. The normalized spacial score (nSPS) is 10.5. The molecule has 0 aliphatic heterocycles. The van der Waals surface area contributed by atoms with E-state index in [4.69, 9.17) is 21.4 Å². The van der Waals surface area contributed by atoms with Crippen LogP contribution in [0.1, 0.15) is 25.6 Å². The first kappa shape index (κ1) is 14.2. The molecule has 2 N–H and O–H groups in total. The largest absolute Gasteiger partial charge is 0.396 e. The third-order valence-electron chi connectivity index (χ3n) is 2.07. The van der Waals surface area contributed by atoms with Crippen molar-refractivity contribution >= 4 is 17.4 Å². The molecule has 0 aromatic carbocycles. The minimum atomic E-state index is 0.210. The Morgan fingerprint density at radius 2 is 2.24 bits per heavy atom. The first-order chi connectivity index (χ1) is 8.26. The highest BCUT2D eigenvalue weighted by molar-refractivity contribution is 6.29. The number of aliphatic hydroxyl groups excluding tert-OH is 1. The van der Waals surface area contributed by atoms with Gasteiger partial charge in [-0.25, -0.2) is 9.97 Å². The summed E-state index contributed by atoms with van der Waals surface area (Å²) in [7, 11) is 0. The molecule has 0 spiro atoms. The second-order valence-corrected chi connectivity index (χ2v) is 3.87. The molecule has 0 unspecified atom stereocenters. The molecular weight excluding hydrogens is 242 g/mol. The van der Waals surface area contributed by atoms with E-state index in [0.29, 0.717) is 30.0 Å². The second kappa shape index (κ2) is 8.22. The SMILES string of the molecule is CCOCc1nc(Cl)cc(NCCCCO)n1. The van der Waals surface area contributed by atoms with Crippen LogP contribution < -0.4 is 5.32 Å². The number of rotatable bonds is 8. The second-order valence-electron chi connectivity index (χ2n) is 3.49. The van der Waals surface area contributed by atoms with E-state index in [-0.39, 0.29) is 6.61 Å². The number of halogens is 1. The molecule has 0 fully saturated rings. The Balaban J connectivity index is 2.50. The van der Waals surface area contributed by atoms with Crippen molar-refractivity contribution in [3.8, 4) is 0 Å². The summed E-state index contributed by atoms with van der Waals surface area (Å²) in [5, 5.41) is 12.2. The number of anilines is 1. The minimum absolute atomic E-state index is 0.210. The van der Waals surface area contributed by atoms with E-state index >= 15 is 0 Å². The fourth-order valence-corrected chi connectivity index (χ4v) is 1.47. The van der Waals surface area contributed by atoms with Crippen LogP contribution in [0.25, 0.3) is 0 Å². The molecule has 0 amide bonds. The predicted molar refractivity (Wildman–Crippen MR) is 67.2 cm³/mol. The number of ether oxygens (including phenoxy) is 1. The van der Waals surface area contributed by atoms with Gasteiger partial charge in [-0.15, -0.1) is 0 Å². The van der Waals surface area contributed by atoms with Gasteiger partial charge in [-0.1, -0.05) is 11.6 Å². The number of nitrogens with one attached hydrogen (secondary N) is 1. The summed E-state index contributed by atoms with van der Waals surface area (Å²) < 4.78 is 5.23. The van der Waals surface area contributed by atoms with Gasteiger partial charge in [0.05, 0.1) is 0 Å². The molecule has 1 aromatic heterocycles. The van der Waals surface area contributed by atoms with Crippen LogP contribution in [0.2, 0.25) is 5.15 Å². The highest BCUT2D eigenvalue weighted by Crippen LogP contribution is 2.12. The maximum absolute atomic E-state index is 8.66. The summed E-state index contributed by atoms with van der Waals surface area (Å²) in [4.78, 5) is 8.34. The molecule has 5 nitrogen and oxygen atoms in total. The Hall–Kier alpha value is -0.910. The molecule has 0 aliphatic rings. The number of unbranched alkanes of at least 4 members (excludes halogenated alkanes) is 1. The summed E-state index contributed by atoms with van der Waals surface area (Å²) >= 11 is 5.88. The minimum Gasteiger partial charge on any atom is -0.396 e. The molecule has 6 heteroatoms. The van der Waals surface area contributed by atoms with Crippen molar-refractivity contribution in [1.29, 1.82) is 0 Å². The monoisotopic (exact) mass is 259 g/mol. The molecule has 0 saturated carbocycles. The van der Waals surface area contributed by atoms with Crippen molar-refractivity contribution in [1.82, 2.24) is 9.97 Å². The van der Waals surface area contributed by atoms with Crippen LogP contribution in [0.4, 0.5) is 5.82 Å². The van der Waals surface area contributed by atoms with Gasteiger partial charge in [-0.2, -0.15) is 0 Å². The third kappa shape index (κ3) is 5.81. The van der Waals surface area contributed by atoms with Crippen molar-refractivity contribution in [2.24, 2.45) is 0 Å². The van der Waals surface area contributed by atoms with E-state index in [2.05, 4.69) is 15.3 Å². The Labute approximate surface area is 106 Å². The van der Waals surface area contributed by atoms with Crippen LogP contribution in [0.3, 0.4) is 0 Å². The molecule has 0 bridgehead atoms. The summed E-state index contributed by atoms with van der Waals surface area (Å²) in [6, 6.07) is 1.68. The molecule has 0 saturated heterocycles. The van der Waals surface area contributed by atoms with Crippen LogP contribution >= 0.6 is 11.6 Å². The van der Waals surface area contributed by atoms with E-state index in [0.717, 1.165) is 19.4 Å². The number of nitrogens with zero attached hydrogens (tertiary/aromatic N) is 2. The van der Waals surface area contributed by atoms with E-state index in [1.165, 1.54) is 0 Å². The highest BCUT2D eigenvalue weighted by Gasteiger charge is 2.02. The van der Waals surface area contributed by atoms with Crippen LogP contribution in [-0.2, 0) is 11.3 Å².